The smallest absolute Gasteiger partial charge is 0.160 e. The Labute approximate surface area is 113 Å². The van der Waals surface area contributed by atoms with Crippen LogP contribution >= 0.6 is 0 Å². The number of hydrogen-bond acceptors (Lipinski definition) is 2. The topological polar surface area (TPSA) is 25.8 Å². The Kier molecular flexibility index (Phi) is 2.82. The molecule has 0 amide bonds. The van der Waals surface area contributed by atoms with Crippen LogP contribution in [0, 0.1) is 13.8 Å². The van der Waals surface area contributed by atoms with Crippen molar-refractivity contribution >= 4 is 24.3 Å². The van der Waals surface area contributed by atoms with Crippen molar-refractivity contribution in [1.29, 1.82) is 0 Å². The molecule has 0 saturated carbocycles. The Balaban J connectivity index is 2.23. The minimum absolute atomic E-state index is 0.821. The molecule has 2 nitrogen and oxygen atoms in total. The van der Waals surface area contributed by atoms with Crippen LogP contribution in [-0.4, -0.2) is 17.8 Å². The lowest BCUT2D eigenvalue weighted by atomic mass is 9.94. The molecule has 0 aliphatic rings. The fraction of sp³-hybridized carbons (Fsp3) is 0.125. The Morgan fingerprint density at radius 3 is 2.37 bits per heavy atom. The third kappa shape index (κ3) is 2.24. The summed E-state index contributed by atoms with van der Waals surface area (Å²) >= 11 is 0. The van der Waals surface area contributed by atoms with Gasteiger partial charge < -0.3 is 0 Å². The van der Waals surface area contributed by atoms with Crippen molar-refractivity contribution in [1.82, 2.24) is 9.97 Å². The van der Waals surface area contributed by atoms with Gasteiger partial charge in [0, 0.05) is 16.6 Å². The molecule has 1 aromatic carbocycles. The van der Waals surface area contributed by atoms with Crippen molar-refractivity contribution < 1.29 is 0 Å². The van der Waals surface area contributed by atoms with E-state index in [0.29, 0.717) is 0 Å². The SMILES string of the molecule is Bc1ccc(-c2nc3nc(C)ccc3cc2C)cc1. The van der Waals surface area contributed by atoms with Gasteiger partial charge in [0.25, 0.3) is 0 Å². The van der Waals surface area contributed by atoms with E-state index in [9.17, 15) is 0 Å². The summed E-state index contributed by atoms with van der Waals surface area (Å²) in [5.41, 5.74) is 6.43. The molecule has 0 radical (unpaired) electrons. The second-order valence-corrected chi connectivity index (χ2v) is 5.02. The second-order valence-electron chi connectivity index (χ2n) is 5.02. The van der Waals surface area contributed by atoms with Crippen LogP contribution in [-0.2, 0) is 0 Å². The number of fused-ring (bicyclic) bond motifs is 1. The van der Waals surface area contributed by atoms with Gasteiger partial charge in [-0.05, 0) is 37.6 Å². The molecule has 0 aliphatic heterocycles. The highest BCUT2D eigenvalue weighted by Gasteiger charge is 2.07. The first kappa shape index (κ1) is 11.9. The number of aromatic nitrogens is 2. The van der Waals surface area contributed by atoms with Gasteiger partial charge in [0.2, 0.25) is 0 Å². The van der Waals surface area contributed by atoms with E-state index in [1.54, 1.807) is 0 Å². The molecule has 0 bridgehead atoms. The molecule has 0 atom stereocenters. The molecule has 19 heavy (non-hydrogen) atoms. The number of rotatable bonds is 1. The summed E-state index contributed by atoms with van der Waals surface area (Å²) in [6.07, 6.45) is 0. The van der Waals surface area contributed by atoms with Crippen LogP contribution in [0.25, 0.3) is 22.3 Å². The average molecular weight is 246 g/mol. The molecule has 3 aromatic rings. The summed E-state index contributed by atoms with van der Waals surface area (Å²) in [6, 6.07) is 14.7. The average Bonchev–Trinajstić information content (AvgIpc) is 2.40. The highest BCUT2D eigenvalue weighted by molar-refractivity contribution is 6.32. The molecule has 92 valence electrons. The summed E-state index contributed by atoms with van der Waals surface area (Å²) in [4.78, 5) is 9.23. The van der Waals surface area contributed by atoms with Gasteiger partial charge in [-0.2, -0.15) is 0 Å². The van der Waals surface area contributed by atoms with E-state index in [2.05, 4.69) is 56.2 Å². The highest BCUT2D eigenvalue weighted by atomic mass is 14.9. The molecule has 0 aliphatic carbocycles. The summed E-state index contributed by atoms with van der Waals surface area (Å²) in [7, 11) is 2.09. The van der Waals surface area contributed by atoms with Crippen molar-refractivity contribution in [2.24, 2.45) is 0 Å². The van der Waals surface area contributed by atoms with Crippen molar-refractivity contribution in [3.8, 4) is 11.3 Å². The molecule has 0 saturated heterocycles. The third-order valence-electron chi connectivity index (χ3n) is 3.33. The van der Waals surface area contributed by atoms with Crippen LogP contribution in [0.4, 0.5) is 0 Å². The molecule has 3 rings (SSSR count). The van der Waals surface area contributed by atoms with E-state index in [1.165, 1.54) is 11.0 Å². The van der Waals surface area contributed by atoms with E-state index in [-0.39, 0.29) is 0 Å². The molecule has 2 aromatic heterocycles. The van der Waals surface area contributed by atoms with Gasteiger partial charge in [0.1, 0.15) is 7.85 Å². The monoisotopic (exact) mass is 246 g/mol. The van der Waals surface area contributed by atoms with Gasteiger partial charge in [-0.3, -0.25) is 0 Å². The van der Waals surface area contributed by atoms with Crippen molar-refractivity contribution in [3.63, 3.8) is 0 Å². The van der Waals surface area contributed by atoms with Gasteiger partial charge >= 0.3 is 0 Å². The second kappa shape index (κ2) is 4.50. The molecule has 2 heterocycles. The number of nitrogens with zero attached hydrogens (tertiary/aromatic N) is 2. The summed E-state index contributed by atoms with van der Waals surface area (Å²) in [5.74, 6) is 0. The maximum atomic E-state index is 4.72. The first-order valence-electron chi connectivity index (χ1n) is 6.45. The van der Waals surface area contributed by atoms with Gasteiger partial charge in [-0.1, -0.05) is 29.7 Å². The van der Waals surface area contributed by atoms with Crippen LogP contribution in [0.15, 0.2) is 42.5 Å². The number of aryl methyl sites for hydroxylation is 2. The fourth-order valence-electron chi connectivity index (χ4n) is 2.26. The van der Waals surface area contributed by atoms with Crippen LogP contribution < -0.4 is 5.46 Å². The molecular weight excluding hydrogens is 231 g/mol. The molecule has 0 unspecified atom stereocenters. The van der Waals surface area contributed by atoms with Crippen molar-refractivity contribution in [3.05, 3.63) is 53.7 Å². The van der Waals surface area contributed by atoms with E-state index in [0.717, 1.165) is 28.0 Å². The van der Waals surface area contributed by atoms with Crippen molar-refractivity contribution in [2.75, 3.05) is 0 Å². The normalized spacial score (nSPS) is 10.8. The maximum absolute atomic E-state index is 4.72. The fourth-order valence-corrected chi connectivity index (χ4v) is 2.26. The lowest BCUT2D eigenvalue weighted by Gasteiger charge is -2.08. The predicted octanol–water partition coefficient (Wildman–Crippen LogP) is 2.17. The molecule has 0 N–H and O–H groups in total. The van der Waals surface area contributed by atoms with E-state index in [1.807, 2.05) is 13.0 Å². The Morgan fingerprint density at radius 1 is 0.895 bits per heavy atom. The zero-order chi connectivity index (χ0) is 13.4. The van der Waals surface area contributed by atoms with E-state index in [4.69, 9.17) is 4.98 Å². The summed E-state index contributed by atoms with van der Waals surface area (Å²) < 4.78 is 0. The van der Waals surface area contributed by atoms with Crippen molar-refractivity contribution in [2.45, 2.75) is 13.8 Å². The minimum atomic E-state index is 0.821. The highest BCUT2D eigenvalue weighted by Crippen LogP contribution is 2.23. The van der Waals surface area contributed by atoms with E-state index < -0.39 is 0 Å². The van der Waals surface area contributed by atoms with Gasteiger partial charge in [-0.15, -0.1) is 0 Å². The Hall–Kier alpha value is -2.16. The first-order valence-corrected chi connectivity index (χ1v) is 6.45. The Bertz CT molecular complexity index is 749. The number of pyridine rings is 2. The van der Waals surface area contributed by atoms with Crippen LogP contribution in [0.5, 0.6) is 0 Å². The minimum Gasteiger partial charge on any atom is -0.233 e. The number of hydrogen-bond donors (Lipinski definition) is 0. The predicted molar refractivity (Wildman–Crippen MR) is 82.6 cm³/mol. The Morgan fingerprint density at radius 2 is 1.63 bits per heavy atom. The van der Waals surface area contributed by atoms with Crippen LogP contribution in [0.2, 0.25) is 0 Å². The standard InChI is InChI=1S/C16H15BN2/c1-10-9-13-4-3-11(2)18-16(13)19-15(10)12-5-7-14(17)8-6-12/h3-9H,17H2,1-2H3. The maximum Gasteiger partial charge on any atom is 0.160 e. The van der Waals surface area contributed by atoms with Gasteiger partial charge in [0.05, 0.1) is 5.69 Å². The lowest BCUT2D eigenvalue weighted by Crippen LogP contribution is -2.00. The van der Waals surface area contributed by atoms with Crippen LogP contribution in [0.1, 0.15) is 11.3 Å². The zero-order valence-corrected chi connectivity index (χ0v) is 11.4. The molecule has 0 fully saturated rings. The quantitative estimate of drug-likeness (QED) is 0.615. The molecule has 3 heteroatoms. The van der Waals surface area contributed by atoms with Gasteiger partial charge in [0.15, 0.2) is 5.65 Å². The number of benzene rings is 1. The summed E-state index contributed by atoms with van der Waals surface area (Å²) in [6.45, 7) is 4.09. The molecular formula is C16H15BN2. The van der Waals surface area contributed by atoms with Gasteiger partial charge in [-0.25, -0.2) is 9.97 Å². The lowest BCUT2D eigenvalue weighted by molar-refractivity contribution is 1.19. The third-order valence-corrected chi connectivity index (χ3v) is 3.33. The zero-order valence-electron chi connectivity index (χ0n) is 11.4. The molecule has 0 spiro atoms. The first-order chi connectivity index (χ1) is 9.13. The summed E-state index contributed by atoms with van der Waals surface area (Å²) in [5, 5.41) is 1.10. The van der Waals surface area contributed by atoms with E-state index >= 15 is 0 Å². The van der Waals surface area contributed by atoms with Crippen LogP contribution in [0.3, 0.4) is 0 Å². The largest absolute Gasteiger partial charge is 0.233 e.